The maximum atomic E-state index is 12.6. The van der Waals surface area contributed by atoms with E-state index in [0.29, 0.717) is 6.61 Å². The molecule has 0 aliphatic heterocycles. The summed E-state index contributed by atoms with van der Waals surface area (Å²) in [5.74, 6) is -0.206. The predicted octanol–water partition coefficient (Wildman–Crippen LogP) is 0.231. The van der Waals surface area contributed by atoms with Crippen LogP contribution in [-0.2, 0) is 11.3 Å². The molecule has 11 heavy (non-hydrogen) atoms. The standard InChI is InChI=1S/C8H10BFO/c1-11-5-6-4-7(10)2-3-8(6)9/h2-4H,5,9H2,1H3. The van der Waals surface area contributed by atoms with Crippen LogP contribution in [-0.4, -0.2) is 15.0 Å². The van der Waals surface area contributed by atoms with E-state index in [-0.39, 0.29) is 5.82 Å². The van der Waals surface area contributed by atoms with E-state index < -0.39 is 0 Å². The Labute approximate surface area is 66.6 Å². The summed E-state index contributed by atoms with van der Waals surface area (Å²) in [6.07, 6.45) is 0. The van der Waals surface area contributed by atoms with Crippen molar-refractivity contribution < 1.29 is 9.13 Å². The van der Waals surface area contributed by atoms with E-state index in [4.69, 9.17) is 4.74 Å². The quantitative estimate of drug-likeness (QED) is 0.551. The molecular weight excluding hydrogens is 142 g/mol. The van der Waals surface area contributed by atoms with Gasteiger partial charge in [-0.3, -0.25) is 0 Å². The Morgan fingerprint density at radius 3 is 2.91 bits per heavy atom. The number of methoxy groups -OCH3 is 1. The Bertz CT molecular complexity index is 250. The third kappa shape index (κ3) is 2.05. The third-order valence-corrected chi connectivity index (χ3v) is 1.61. The first-order valence-electron chi connectivity index (χ1n) is 3.48. The molecule has 1 aromatic carbocycles. The van der Waals surface area contributed by atoms with E-state index in [1.54, 1.807) is 13.2 Å². The molecule has 0 unspecified atom stereocenters. The van der Waals surface area contributed by atoms with Crippen LogP contribution in [0.1, 0.15) is 5.56 Å². The van der Waals surface area contributed by atoms with Gasteiger partial charge in [0.05, 0.1) is 6.61 Å². The molecule has 0 radical (unpaired) electrons. The minimum atomic E-state index is -0.206. The van der Waals surface area contributed by atoms with Gasteiger partial charge < -0.3 is 4.74 Å². The molecule has 0 amide bonds. The maximum Gasteiger partial charge on any atom is 0.139 e. The second-order valence-corrected chi connectivity index (χ2v) is 2.50. The Hall–Kier alpha value is -0.825. The fourth-order valence-corrected chi connectivity index (χ4v) is 0.951. The summed E-state index contributed by atoms with van der Waals surface area (Å²) in [5, 5.41) is 0. The SMILES string of the molecule is Bc1ccc(F)cc1COC. The largest absolute Gasteiger partial charge is 0.380 e. The molecule has 0 spiro atoms. The Morgan fingerprint density at radius 2 is 2.27 bits per heavy atom. The van der Waals surface area contributed by atoms with Gasteiger partial charge in [-0.1, -0.05) is 11.5 Å². The topological polar surface area (TPSA) is 9.23 Å². The molecule has 1 rings (SSSR count). The highest BCUT2D eigenvalue weighted by Crippen LogP contribution is 2.00. The van der Waals surface area contributed by atoms with E-state index in [1.807, 2.05) is 7.85 Å². The van der Waals surface area contributed by atoms with Gasteiger partial charge in [-0.15, -0.1) is 0 Å². The monoisotopic (exact) mass is 152 g/mol. The van der Waals surface area contributed by atoms with Crippen molar-refractivity contribution in [1.82, 2.24) is 0 Å². The zero-order valence-electron chi connectivity index (χ0n) is 6.73. The zero-order chi connectivity index (χ0) is 8.27. The molecule has 0 aliphatic rings. The maximum absolute atomic E-state index is 12.6. The van der Waals surface area contributed by atoms with Crippen LogP contribution in [0.15, 0.2) is 18.2 Å². The summed E-state index contributed by atoms with van der Waals surface area (Å²) in [5.41, 5.74) is 1.97. The highest BCUT2D eigenvalue weighted by Gasteiger charge is 1.98. The number of hydrogen-bond acceptors (Lipinski definition) is 1. The molecule has 0 aliphatic carbocycles. The van der Waals surface area contributed by atoms with Crippen LogP contribution in [0.2, 0.25) is 0 Å². The molecule has 1 aromatic rings. The number of benzene rings is 1. The first-order chi connectivity index (χ1) is 5.24. The molecular formula is C8H10BFO. The Morgan fingerprint density at radius 1 is 1.55 bits per heavy atom. The van der Waals surface area contributed by atoms with Crippen LogP contribution >= 0.6 is 0 Å². The molecule has 1 nitrogen and oxygen atoms in total. The lowest BCUT2D eigenvalue weighted by Gasteiger charge is -2.03. The predicted molar refractivity (Wildman–Crippen MR) is 45.3 cm³/mol. The minimum Gasteiger partial charge on any atom is -0.380 e. The normalized spacial score (nSPS) is 10.0. The van der Waals surface area contributed by atoms with Crippen LogP contribution in [0.4, 0.5) is 4.39 Å². The van der Waals surface area contributed by atoms with Gasteiger partial charge in [0, 0.05) is 7.11 Å². The lowest BCUT2D eigenvalue weighted by Crippen LogP contribution is -2.10. The van der Waals surface area contributed by atoms with Crippen molar-refractivity contribution in [3.8, 4) is 0 Å². The summed E-state index contributed by atoms with van der Waals surface area (Å²) >= 11 is 0. The Balaban J connectivity index is 2.93. The van der Waals surface area contributed by atoms with Crippen molar-refractivity contribution in [2.75, 3.05) is 7.11 Å². The smallest absolute Gasteiger partial charge is 0.139 e. The van der Waals surface area contributed by atoms with E-state index in [0.717, 1.165) is 11.0 Å². The molecule has 0 heterocycles. The first-order valence-corrected chi connectivity index (χ1v) is 3.48. The number of ether oxygens (including phenoxy) is 1. The van der Waals surface area contributed by atoms with Gasteiger partial charge in [0.25, 0.3) is 0 Å². The van der Waals surface area contributed by atoms with Crippen molar-refractivity contribution in [1.29, 1.82) is 0 Å². The van der Waals surface area contributed by atoms with Gasteiger partial charge in [-0.05, 0) is 17.7 Å². The van der Waals surface area contributed by atoms with Gasteiger partial charge in [-0.2, -0.15) is 0 Å². The highest BCUT2D eigenvalue weighted by atomic mass is 19.1. The van der Waals surface area contributed by atoms with Crippen molar-refractivity contribution in [2.24, 2.45) is 0 Å². The molecule has 0 bridgehead atoms. The molecule has 0 saturated carbocycles. The molecule has 0 fully saturated rings. The van der Waals surface area contributed by atoms with Crippen molar-refractivity contribution in [2.45, 2.75) is 6.61 Å². The second kappa shape index (κ2) is 3.53. The molecule has 0 N–H and O–H groups in total. The van der Waals surface area contributed by atoms with E-state index >= 15 is 0 Å². The summed E-state index contributed by atoms with van der Waals surface area (Å²) in [7, 11) is 3.54. The van der Waals surface area contributed by atoms with Crippen LogP contribution < -0.4 is 5.46 Å². The number of rotatable bonds is 2. The second-order valence-electron chi connectivity index (χ2n) is 2.50. The van der Waals surface area contributed by atoms with Gasteiger partial charge in [0.2, 0.25) is 0 Å². The Kier molecular flexibility index (Phi) is 2.66. The van der Waals surface area contributed by atoms with Crippen molar-refractivity contribution >= 4 is 13.3 Å². The number of halogens is 1. The third-order valence-electron chi connectivity index (χ3n) is 1.61. The van der Waals surface area contributed by atoms with Crippen molar-refractivity contribution in [3.05, 3.63) is 29.6 Å². The minimum absolute atomic E-state index is 0.206. The summed E-state index contributed by atoms with van der Waals surface area (Å²) < 4.78 is 17.5. The average molecular weight is 152 g/mol. The van der Waals surface area contributed by atoms with E-state index in [9.17, 15) is 4.39 Å². The molecule has 0 atom stereocenters. The van der Waals surface area contributed by atoms with Crippen LogP contribution in [0.5, 0.6) is 0 Å². The zero-order valence-corrected chi connectivity index (χ0v) is 6.73. The van der Waals surface area contributed by atoms with E-state index in [1.165, 1.54) is 12.1 Å². The van der Waals surface area contributed by atoms with Gasteiger partial charge in [0.1, 0.15) is 13.7 Å². The van der Waals surface area contributed by atoms with E-state index in [2.05, 4.69) is 0 Å². The van der Waals surface area contributed by atoms with Crippen LogP contribution in [0.3, 0.4) is 0 Å². The average Bonchev–Trinajstić information content (AvgIpc) is 1.98. The van der Waals surface area contributed by atoms with Gasteiger partial charge >= 0.3 is 0 Å². The van der Waals surface area contributed by atoms with Crippen LogP contribution in [0, 0.1) is 5.82 Å². The molecule has 58 valence electrons. The van der Waals surface area contributed by atoms with Gasteiger partial charge in [0.15, 0.2) is 0 Å². The summed E-state index contributed by atoms with van der Waals surface area (Å²) in [6.45, 7) is 0.476. The number of hydrogen-bond donors (Lipinski definition) is 0. The fraction of sp³-hybridized carbons (Fsp3) is 0.250. The molecule has 3 heteroatoms. The first kappa shape index (κ1) is 8.27. The van der Waals surface area contributed by atoms with Crippen LogP contribution in [0.25, 0.3) is 0 Å². The molecule has 0 aromatic heterocycles. The summed E-state index contributed by atoms with van der Waals surface area (Å²) in [4.78, 5) is 0. The fourth-order valence-electron chi connectivity index (χ4n) is 0.951. The molecule has 0 saturated heterocycles. The summed E-state index contributed by atoms with van der Waals surface area (Å²) in [6, 6.07) is 4.71. The van der Waals surface area contributed by atoms with Gasteiger partial charge in [-0.25, -0.2) is 4.39 Å². The van der Waals surface area contributed by atoms with Crippen molar-refractivity contribution in [3.63, 3.8) is 0 Å². The highest BCUT2D eigenvalue weighted by molar-refractivity contribution is 6.33. The lowest BCUT2D eigenvalue weighted by atomic mass is 9.91. The lowest BCUT2D eigenvalue weighted by molar-refractivity contribution is 0.185.